The summed E-state index contributed by atoms with van der Waals surface area (Å²) in [6, 6.07) is 7.68. The zero-order valence-electron chi connectivity index (χ0n) is 11.1. The SMILES string of the molecule is CCCC1(C)NC(=S)c2ccccc2/C1=C/C(=O)O. The van der Waals surface area contributed by atoms with Gasteiger partial charge in [0.05, 0.1) is 5.54 Å². The number of hydrogen-bond acceptors (Lipinski definition) is 2. The molecule has 1 unspecified atom stereocenters. The second kappa shape index (κ2) is 5.13. The molecule has 1 aliphatic rings. The quantitative estimate of drug-likeness (QED) is 0.657. The summed E-state index contributed by atoms with van der Waals surface area (Å²) in [4.78, 5) is 11.8. The van der Waals surface area contributed by atoms with Crippen LogP contribution in [0.15, 0.2) is 30.3 Å². The van der Waals surface area contributed by atoms with Gasteiger partial charge in [0.25, 0.3) is 0 Å². The highest BCUT2D eigenvalue weighted by Gasteiger charge is 2.36. The lowest BCUT2D eigenvalue weighted by atomic mass is 9.78. The molecule has 0 saturated carbocycles. The molecule has 1 heterocycles. The lowest BCUT2D eigenvalue weighted by Gasteiger charge is -2.39. The van der Waals surface area contributed by atoms with Crippen LogP contribution in [0.5, 0.6) is 0 Å². The fourth-order valence-corrected chi connectivity index (χ4v) is 3.06. The monoisotopic (exact) mass is 275 g/mol. The van der Waals surface area contributed by atoms with Crippen LogP contribution in [0, 0.1) is 0 Å². The molecule has 1 aromatic carbocycles. The molecule has 0 aliphatic carbocycles. The van der Waals surface area contributed by atoms with Crippen molar-refractivity contribution in [3.63, 3.8) is 0 Å². The van der Waals surface area contributed by atoms with Crippen molar-refractivity contribution in [1.29, 1.82) is 0 Å². The average Bonchev–Trinajstić information content (AvgIpc) is 2.34. The molecule has 1 aromatic rings. The molecule has 0 amide bonds. The van der Waals surface area contributed by atoms with E-state index in [1.807, 2.05) is 31.2 Å². The number of carbonyl (C=O) groups is 1. The third kappa shape index (κ3) is 2.54. The second-order valence-electron chi connectivity index (χ2n) is 4.98. The van der Waals surface area contributed by atoms with E-state index in [0.29, 0.717) is 4.99 Å². The van der Waals surface area contributed by atoms with Crippen molar-refractivity contribution in [2.24, 2.45) is 0 Å². The first-order valence-corrected chi connectivity index (χ1v) is 6.76. The van der Waals surface area contributed by atoms with Crippen LogP contribution in [0.1, 0.15) is 37.8 Å². The van der Waals surface area contributed by atoms with Gasteiger partial charge in [0.15, 0.2) is 0 Å². The third-order valence-electron chi connectivity index (χ3n) is 3.46. The predicted octanol–water partition coefficient (Wildman–Crippen LogP) is 2.99. The molecule has 1 aliphatic heterocycles. The molecule has 0 saturated heterocycles. The van der Waals surface area contributed by atoms with Crippen molar-refractivity contribution in [2.45, 2.75) is 32.2 Å². The largest absolute Gasteiger partial charge is 0.478 e. The highest BCUT2D eigenvalue weighted by atomic mass is 32.1. The first-order valence-electron chi connectivity index (χ1n) is 6.35. The maximum atomic E-state index is 11.1. The van der Waals surface area contributed by atoms with Crippen LogP contribution in [0.2, 0.25) is 0 Å². The summed E-state index contributed by atoms with van der Waals surface area (Å²) in [5.74, 6) is -0.929. The molecule has 0 aromatic heterocycles. The first-order chi connectivity index (χ1) is 8.98. The van der Waals surface area contributed by atoms with Gasteiger partial charge < -0.3 is 10.4 Å². The molecular weight excluding hydrogens is 258 g/mol. The van der Waals surface area contributed by atoms with Gasteiger partial charge in [-0.3, -0.25) is 0 Å². The summed E-state index contributed by atoms with van der Waals surface area (Å²) < 4.78 is 0. The van der Waals surface area contributed by atoms with Crippen molar-refractivity contribution in [1.82, 2.24) is 5.32 Å². The summed E-state index contributed by atoms with van der Waals surface area (Å²) in [6.07, 6.45) is 3.08. The Hall–Kier alpha value is -1.68. The van der Waals surface area contributed by atoms with Gasteiger partial charge in [-0.15, -0.1) is 0 Å². The topological polar surface area (TPSA) is 49.3 Å². The van der Waals surface area contributed by atoms with Gasteiger partial charge in [0.1, 0.15) is 4.99 Å². The van der Waals surface area contributed by atoms with E-state index in [1.54, 1.807) is 0 Å². The van der Waals surface area contributed by atoms with E-state index < -0.39 is 11.5 Å². The highest BCUT2D eigenvalue weighted by molar-refractivity contribution is 7.80. The number of benzene rings is 1. The van der Waals surface area contributed by atoms with E-state index in [2.05, 4.69) is 12.2 Å². The van der Waals surface area contributed by atoms with Gasteiger partial charge in [-0.2, -0.15) is 0 Å². The number of hydrogen-bond donors (Lipinski definition) is 2. The van der Waals surface area contributed by atoms with Crippen LogP contribution < -0.4 is 5.32 Å². The molecule has 3 nitrogen and oxygen atoms in total. The van der Waals surface area contributed by atoms with E-state index in [-0.39, 0.29) is 0 Å². The smallest absolute Gasteiger partial charge is 0.328 e. The molecule has 1 atom stereocenters. The van der Waals surface area contributed by atoms with Crippen molar-refractivity contribution < 1.29 is 9.90 Å². The number of rotatable bonds is 3. The molecule has 0 radical (unpaired) electrons. The van der Waals surface area contributed by atoms with Gasteiger partial charge in [-0.25, -0.2) is 4.79 Å². The Bertz CT molecular complexity index is 565. The summed E-state index contributed by atoms with van der Waals surface area (Å²) in [6.45, 7) is 4.09. The maximum absolute atomic E-state index is 11.1. The summed E-state index contributed by atoms with van der Waals surface area (Å²) in [5, 5.41) is 12.4. The van der Waals surface area contributed by atoms with E-state index in [4.69, 9.17) is 17.3 Å². The van der Waals surface area contributed by atoms with E-state index >= 15 is 0 Å². The molecular formula is C15H17NO2S. The standard InChI is InChI=1S/C15H17NO2S/c1-3-8-15(2)12(9-13(17)18)10-6-4-5-7-11(10)14(19)16-15/h4-7,9H,3,8H2,1-2H3,(H,16,19)(H,17,18)/b12-9-. The highest BCUT2D eigenvalue weighted by Crippen LogP contribution is 2.37. The van der Waals surface area contributed by atoms with Crippen LogP contribution in [0.25, 0.3) is 5.57 Å². The number of aliphatic carboxylic acids is 1. The fraction of sp³-hybridized carbons (Fsp3) is 0.333. The summed E-state index contributed by atoms with van der Waals surface area (Å²) >= 11 is 5.40. The zero-order chi connectivity index (χ0) is 14.0. The Labute approximate surface area is 118 Å². The lowest BCUT2D eigenvalue weighted by Crippen LogP contribution is -2.50. The minimum absolute atomic E-state index is 0.418. The number of carboxylic acids is 1. The number of thiocarbonyl (C=S) groups is 1. The zero-order valence-corrected chi connectivity index (χ0v) is 11.9. The molecule has 0 bridgehead atoms. The van der Waals surface area contributed by atoms with Crippen molar-refractivity contribution in [3.05, 3.63) is 41.5 Å². The van der Waals surface area contributed by atoms with E-state index in [9.17, 15) is 4.79 Å². The minimum Gasteiger partial charge on any atom is -0.478 e. The van der Waals surface area contributed by atoms with Crippen molar-refractivity contribution in [3.8, 4) is 0 Å². The van der Waals surface area contributed by atoms with Crippen LogP contribution in [-0.2, 0) is 4.79 Å². The third-order valence-corrected chi connectivity index (χ3v) is 3.79. The normalized spacial score (nSPS) is 23.9. The van der Waals surface area contributed by atoms with Gasteiger partial charge in [-0.05, 0) is 24.5 Å². The Morgan fingerprint density at radius 3 is 2.63 bits per heavy atom. The van der Waals surface area contributed by atoms with Gasteiger partial charge in [0.2, 0.25) is 0 Å². The van der Waals surface area contributed by atoms with Gasteiger partial charge >= 0.3 is 5.97 Å². The number of nitrogens with one attached hydrogen (secondary N) is 1. The Morgan fingerprint density at radius 1 is 1.42 bits per heavy atom. The minimum atomic E-state index is -0.929. The van der Waals surface area contributed by atoms with Crippen LogP contribution in [0.3, 0.4) is 0 Å². The Morgan fingerprint density at radius 2 is 2.05 bits per heavy atom. The van der Waals surface area contributed by atoms with Crippen LogP contribution >= 0.6 is 12.2 Å². The van der Waals surface area contributed by atoms with E-state index in [1.165, 1.54) is 6.08 Å². The van der Waals surface area contributed by atoms with Gasteiger partial charge in [0, 0.05) is 11.6 Å². The fourth-order valence-electron chi connectivity index (χ4n) is 2.66. The van der Waals surface area contributed by atoms with Gasteiger partial charge in [-0.1, -0.05) is 49.8 Å². The molecule has 2 rings (SSSR count). The van der Waals surface area contributed by atoms with Crippen LogP contribution in [0.4, 0.5) is 0 Å². The molecule has 4 heteroatoms. The summed E-state index contributed by atoms with van der Waals surface area (Å²) in [7, 11) is 0. The predicted molar refractivity (Wildman–Crippen MR) is 80.2 cm³/mol. The molecule has 19 heavy (non-hydrogen) atoms. The van der Waals surface area contributed by atoms with Crippen LogP contribution in [-0.4, -0.2) is 21.6 Å². The van der Waals surface area contributed by atoms with Crippen molar-refractivity contribution in [2.75, 3.05) is 0 Å². The first kappa shape index (κ1) is 13.7. The molecule has 0 fully saturated rings. The number of fused-ring (bicyclic) bond motifs is 1. The average molecular weight is 275 g/mol. The van der Waals surface area contributed by atoms with Crippen molar-refractivity contribution >= 4 is 28.7 Å². The number of carboxylic acid groups (broad SMARTS) is 1. The Kier molecular flexibility index (Phi) is 3.71. The Balaban J connectivity index is 2.63. The molecule has 0 spiro atoms. The van der Waals surface area contributed by atoms with E-state index in [0.717, 1.165) is 29.5 Å². The molecule has 2 N–H and O–H groups in total. The summed E-state index contributed by atoms with van der Waals surface area (Å²) in [5.41, 5.74) is 2.20. The second-order valence-corrected chi connectivity index (χ2v) is 5.39. The lowest BCUT2D eigenvalue weighted by molar-refractivity contribution is -0.131. The molecule has 100 valence electrons. The maximum Gasteiger partial charge on any atom is 0.328 e.